The van der Waals surface area contributed by atoms with Crippen LogP contribution in [0.3, 0.4) is 0 Å². The van der Waals surface area contributed by atoms with E-state index in [1.807, 2.05) is 0 Å². The minimum Gasteiger partial charge on any atom is -0.480 e. The van der Waals surface area contributed by atoms with E-state index in [1.165, 1.54) is 23.0 Å². The zero-order chi connectivity index (χ0) is 34.9. The zero-order valence-corrected chi connectivity index (χ0v) is 26.7. The molecule has 1 N–H and O–H groups in total. The average Bonchev–Trinajstić information content (AvgIpc) is 3.65. The molecule has 0 aliphatic carbocycles. The van der Waals surface area contributed by atoms with Crippen molar-refractivity contribution in [3.8, 4) is 16.9 Å². The summed E-state index contributed by atoms with van der Waals surface area (Å²) in [7, 11) is 0. The summed E-state index contributed by atoms with van der Waals surface area (Å²) in [6, 6.07) is 4.63. The Kier molecular flexibility index (Phi) is 10.3. The van der Waals surface area contributed by atoms with E-state index in [0.29, 0.717) is 17.2 Å². The van der Waals surface area contributed by atoms with Crippen LogP contribution in [0.15, 0.2) is 36.5 Å². The molecular weight excluding hydrogens is 688 g/mol. The van der Waals surface area contributed by atoms with Gasteiger partial charge in [-0.15, -0.1) is 5.10 Å². The number of nitrogens with zero attached hydrogens (tertiary/aromatic N) is 6. The molecule has 0 radical (unpaired) electrons. The number of carboxylic acid groups (broad SMARTS) is 1. The summed E-state index contributed by atoms with van der Waals surface area (Å²) in [6.45, 7) is 2.42. The third-order valence-corrected chi connectivity index (χ3v) is 7.59. The Morgan fingerprint density at radius 2 is 1.75 bits per heavy atom. The highest BCUT2D eigenvalue weighted by atomic mass is 35.5. The van der Waals surface area contributed by atoms with Gasteiger partial charge in [0.15, 0.2) is 29.4 Å². The number of halogens is 5. The third kappa shape index (κ3) is 7.43. The molecule has 5 atom stereocenters. The number of hydrogen-bond acceptors (Lipinski definition) is 11. The molecule has 254 valence electrons. The molecule has 0 spiro atoms. The largest absolute Gasteiger partial charge is 0.480 e. The van der Waals surface area contributed by atoms with Crippen LogP contribution in [0.25, 0.3) is 16.9 Å². The molecule has 1 aliphatic rings. The highest BCUT2D eigenvalue weighted by molar-refractivity contribution is 6.34. The lowest BCUT2D eigenvalue weighted by Gasteiger charge is -2.45. The van der Waals surface area contributed by atoms with Crippen LogP contribution in [0, 0.1) is 24.4 Å². The lowest BCUT2D eigenvalue weighted by atomic mass is 9.91. The smallest absolute Gasteiger partial charge is 0.329 e. The zero-order valence-electron chi connectivity index (χ0n) is 25.1. The van der Waals surface area contributed by atoms with E-state index >= 15 is 0 Å². The highest BCUT2D eigenvalue weighted by Crippen LogP contribution is 2.42. The van der Waals surface area contributed by atoms with Gasteiger partial charge in [0.2, 0.25) is 0 Å². The van der Waals surface area contributed by atoms with Crippen LogP contribution in [-0.4, -0.2) is 84.3 Å². The van der Waals surface area contributed by atoms with Crippen molar-refractivity contribution >= 4 is 41.1 Å². The fourth-order valence-electron chi connectivity index (χ4n) is 5.16. The molecule has 48 heavy (non-hydrogen) atoms. The summed E-state index contributed by atoms with van der Waals surface area (Å²) in [4.78, 5) is 40.5. The van der Waals surface area contributed by atoms with Crippen molar-refractivity contribution in [2.45, 2.75) is 51.2 Å². The molecule has 2 aromatic heterocycles. The number of aryl methyl sites for hydroxylation is 1. The number of hydrogen-bond donors (Lipinski definition) is 1. The maximum atomic E-state index is 14.1. The van der Waals surface area contributed by atoms with E-state index in [9.17, 15) is 32.7 Å². The first kappa shape index (κ1) is 34.7. The first-order valence-corrected chi connectivity index (χ1v) is 14.7. The minimum absolute atomic E-state index is 0.0224. The topological polar surface area (TPSA) is 170 Å². The number of esters is 2. The molecule has 3 heterocycles. The average molecular weight is 713 g/mol. The Morgan fingerprint density at radius 3 is 2.40 bits per heavy atom. The van der Waals surface area contributed by atoms with Gasteiger partial charge in [0.1, 0.15) is 49.1 Å². The molecule has 1 saturated heterocycles. The van der Waals surface area contributed by atoms with Gasteiger partial charge in [-0.25, -0.2) is 32.3 Å². The predicted molar refractivity (Wildman–Crippen MR) is 158 cm³/mol. The van der Waals surface area contributed by atoms with Crippen molar-refractivity contribution in [1.29, 1.82) is 0 Å². The van der Waals surface area contributed by atoms with Crippen molar-refractivity contribution in [2.24, 2.45) is 0 Å². The maximum Gasteiger partial charge on any atom is 0.329 e. The standard InChI is InChI=1S/C29H25Cl2F3N6O8/c1-12-35-29(40(37-12)21-8-16(30)4-5-17(21)31)28-27(46-11-23(43)44)25(26(47-14(3)42)22(48-28)10-45-13(2)41)39-9-20(36-38-39)15-6-18(32)24(34)19(33)7-15/h4-9,22,25-28H,10-11H2,1-3H3,(H,43,44). The lowest BCUT2D eigenvalue weighted by molar-refractivity contribution is -0.235. The predicted octanol–water partition coefficient (Wildman–Crippen LogP) is 4.20. The van der Waals surface area contributed by atoms with Crippen LogP contribution in [-0.2, 0) is 33.3 Å². The summed E-state index contributed by atoms with van der Waals surface area (Å²) in [6.07, 6.45) is -4.28. The van der Waals surface area contributed by atoms with Crippen molar-refractivity contribution in [1.82, 2.24) is 29.8 Å². The normalized spacial score (nSPS) is 20.8. The summed E-state index contributed by atoms with van der Waals surface area (Å²) < 4.78 is 67.4. The van der Waals surface area contributed by atoms with Crippen LogP contribution in [0.1, 0.15) is 37.6 Å². The number of benzene rings is 2. The lowest BCUT2D eigenvalue weighted by Crippen LogP contribution is -2.56. The number of ether oxygens (including phenoxy) is 4. The summed E-state index contributed by atoms with van der Waals surface area (Å²) in [5, 5.41) is 22.5. The summed E-state index contributed by atoms with van der Waals surface area (Å²) >= 11 is 12.7. The van der Waals surface area contributed by atoms with Crippen molar-refractivity contribution in [3.05, 3.63) is 75.7 Å². The molecule has 1 aliphatic heterocycles. The van der Waals surface area contributed by atoms with Gasteiger partial charge in [0, 0.05) is 24.4 Å². The number of rotatable bonds is 10. The van der Waals surface area contributed by atoms with E-state index in [-0.39, 0.29) is 33.6 Å². The van der Waals surface area contributed by atoms with Crippen LogP contribution >= 0.6 is 23.2 Å². The van der Waals surface area contributed by atoms with Gasteiger partial charge in [0.25, 0.3) is 0 Å². The number of carboxylic acids is 1. The Bertz CT molecular complexity index is 1850. The van der Waals surface area contributed by atoms with Gasteiger partial charge >= 0.3 is 17.9 Å². The first-order chi connectivity index (χ1) is 22.7. The van der Waals surface area contributed by atoms with Crippen LogP contribution < -0.4 is 0 Å². The molecule has 5 rings (SSSR count). The van der Waals surface area contributed by atoms with Crippen molar-refractivity contribution < 1.29 is 51.6 Å². The minimum atomic E-state index is -1.69. The van der Waals surface area contributed by atoms with Gasteiger partial charge in [-0.2, -0.15) is 5.10 Å². The number of aliphatic carboxylic acids is 1. The quantitative estimate of drug-likeness (QED) is 0.184. The highest BCUT2D eigenvalue weighted by Gasteiger charge is 2.53. The van der Waals surface area contributed by atoms with Gasteiger partial charge in [-0.1, -0.05) is 28.4 Å². The van der Waals surface area contributed by atoms with Crippen molar-refractivity contribution in [2.75, 3.05) is 13.2 Å². The number of aromatic nitrogens is 6. The Labute approximate surface area is 279 Å². The molecule has 2 aromatic carbocycles. The van der Waals surface area contributed by atoms with E-state index in [1.54, 1.807) is 13.0 Å². The van der Waals surface area contributed by atoms with E-state index < -0.39 is 79.0 Å². The van der Waals surface area contributed by atoms with Gasteiger partial charge < -0.3 is 24.1 Å². The molecule has 19 heteroatoms. The molecule has 0 bridgehead atoms. The second-order valence-corrected chi connectivity index (χ2v) is 11.3. The first-order valence-electron chi connectivity index (χ1n) is 14.0. The number of carbonyl (C=O) groups is 3. The molecule has 0 amide bonds. The molecular formula is C29H25Cl2F3N6O8. The monoisotopic (exact) mass is 712 g/mol. The van der Waals surface area contributed by atoms with Gasteiger partial charge in [-0.05, 0) is 37.3 Å². The van der Waals surface area contributed by atoms with Crippen LogP contribution in [0.4, 0.5) is 13.2 Å². The summed E-state index contributed by atoms with van der Waals surface area (Å²) in [5.41, 5.74) is -0.0784. The molecule has 5 unspecified atom stereocenters. The second-order valence-electron chi connectivity index (χ2n) is 10.5. The maximum absolute atomic E-state index is 14.1. The van der Waals surface area contributed by atoms with E-state index in [0.717, 1.165) is 18.5 Å². The third-order valence-electron chi connectivity index (χ3n) is 7.04. The summed E-state index contributed by atoms with van der Waals surface area (Å²) in [5.74, 6) is -7.32. The van der Waals surface area contributed by atoms with Gasteiger partial charge in [0.05, 0.1) is 16.9 Å². The van der Waals surface area contributed by atoms with E-state index in [2.05, 4.69) is 20.4 Å². The van der Waals surface area contributed by atoms with Crippen LogP contribution in [0.2, 0.25) is 10.0 Å². The molecule has 14 nitrogen and oxygen atoms in total. The Balaban J connectivity index is 1.71. The molecule has 1 fully saturated rings. The molecule has 4 aromatic rings. The Hall–Kier alpha value is -4.58. The molecule has 0 saturated carbocycles. The SMILES string of the molecule is CC(=O)OCC1OC(c2nc(C)nn2-c2cc(Cl)ccc2Cl)C(OCC(=O)O)C(n2cc(-c3cc(F)c(F)c(F)c3)nn2)C1OC(C)=O. The van der Waals surface area contributed by atoms with Crippen molar-refractivity contribution in [3.63, 3.8) is 0 Å². The van der Waals surface area contributed by atoms with Gasteiger partial charge in [-0.3, -0.25) is 9.59 Å². The number of carbonyl (C=O) groups excluding carboxylic acids is 2. The second kappa shape index (κ2) is 14.3. The van der Waals surface area contributed by atoms with Crippen LogP contribution in [0.5, 0.6) is 0 Å². The van der Waals surface area contributed by atoms with E-state index in [4.69, 9.17) is 42.1 Å². The fraction of sp³-hybridized carbons (Fsp3) is 0.345. The Morgan fingerprint density at radius 1 is 1.04 bits per heavy atom. The fourth-order valence-corrected chi connectivity index (χ4v) is 5.53.